The van der Waals surface area contributed by atoms with Crippen molar-refractivity contribution in [1.82, 2.24) is 0 Å². The molecule has 3 aromatic carbocycles. The van der Waals surface area contributed by atoms with Gasteiger partial charge in [-0.05, 0) is 36.4 Å². The van der Waals surface area contributed by atoms with Gasteiger partial charge in [0.05, 0.1) is 5.02 Å². The SMILES string of the molecule is O=C(Oc1ccccc1)c1ccccc1OCOc1ccccc1Cl. The highest BCUT2D eigenvalue weighted by Gasteiger charge is 2.14. The maximum absolute atomic E-state index is 12.4. The lowest BCUT2D eigenvalue weighted by molar-refractivity contribution is 0.0719. The summed E-state index contributed by atoms with van der Waals surface area (Å²) in [6.07, 6.45) is 0. The number of halogens is 1. The zero-order chi connectivity index (χ0) is 17.5. The Hall–Kier alpha value is -2.98. The van der Waals surface area contributed by atoms with Crippen LogP contribution in [0.25, 0.3) is 0 Å². The number of rotatable bonds is 6. The van der Waals surface area contributed by atoms with E-state index < -0.39 is 5.97 Å². The lowest BCUT2D eigenvalue weighted by Gasteiger charge is -2.12. The Labute approximate surface area is 150 Å². The van der Waals surface area contributed by atoms with E-state index in [1.54, 1.807) is 60.7 Å². The van der Waals surface area contributed by atoms with Crippen LogP contribution in [0.1, 0.15) is 10.4 Å². The number of hydrogen-bond donors (Lipinski definition) is 0. The van der Waals surface area contributed by atoms with Gasteiger partial charge in [0.25, 0.3) is 0 Å². The molecule has 0 aliphatic heterocycles. The summed E-state index contributed by atoms with van der Waals surface area (Å²) in [6, 6.07) is 22.8. The van der Waals surface area contributed by atoms with E-state index in [1.165, 1.54) is 0 Å². The second-order valence-electron chi connectivity index (χ2n) is 5.04. The Balaban J connectivity index is 1.66. The summed E-state index contributed by atoms with van der Waals surface area (Å²) in [4.78, 5) is 12.4. The topological polar surface area (TPSA) is 44.8 Å². The highest BCUT2D eigenvalue weighted by molar-refractivity contribution is 6.32. The van der Waals surface area contributed by atoms with Crippen molar-refractivity contribution in [3.63, 3.8) is 0 Å². The van der Waals surface area contributed by atoms with Gasteiger partial charge in [-0.25, -0.2) is 4.79 Å². The first-order valence-electron chi connectivity index (χ1n) is 7.60. The smallest absolute Gasteiger partial charge is 0.347 e. The lowest BCUT2D eigenvalue weighted by atomic mass is 10.2. The van der Waals surface area contributed by atoms with Crippen molar-refractivity contribution in [1.29, 1.82) is 0 Å². The molecule has 5 heteroatoms. The van der Waals surface area contributed by atoms with Crippen LogP contribution in [0.4, 0.5) is 0 Å². The molecule has 4 nitrogen and oxygen atoms in total. The van der Waals surface area contributed by atoms with Crippen LogP contribution in [0.3, 0.4) is 0 Å². The Kier molecular flexibility index (Phi) is 5.54. The highest BCUT2D eigenvalue weighted by atomic mass is 35.5. The summed E-state index contributed by atoms with van der Waals surface area (Å²) in [7, 11) is 0. The summed E-state index contributed by atoms with van der Waals surface area (Å²) in [5.74, 6) is 0.846. The van der Waals surface area contributed by atoms with Gasteiger partial charge in [0.15, 0.2) is 0 Å². The molecule has 25 heavy (non-hydrogen) atoms. The minimum Gasteiger partial charge on any atom is -0.457 e. The molecule has 0 heterocycles. The molecule has 0 fully saturated rings. The molecule has 0 spiro atoms. The van der Waals surface area contributed by atoms with E-state index in [1.807, 2.05) is 18.2 Å². The molecule has 0 radical (unpaired) electrons. The van der Waals surface area contributed by atoms with Gasteiger partial charge in [-0.1, -0.05) is 54.1 Å². The fraction of sp³-hybridized carbons (Fsp3) is 0.0500. The van der Waals surface area contributed by atoms with Gasteiger partial charge in [-0.2, -0.15) is 0 Å². The molecule has 0 aromatic heterocycles. The van der Waals surface area contributed by atoms with E-state index in [9.17, 15) is 4.79 Å². The van der Waals surface area contributed by atoms with Crippen molar-refractivity contribution >= 4 is 17.6 Å². The first-order chi connectivity index (χ1) is 12.2. The van der Waals surface area contributed by atoms with Gasteiger partial charge in [-0.3, -0.25) is 0 Å². The molecule has 0 bridgehead atoms. The number of para-hydroxylation sites is 3. The molecule has 0 aliphatic rings. The Morgan fingerprint density at radius 3 is 2.12 bits per heavy atom. The maximum atomic E-state index is 12.4. The standard InChI is InChI=1S/C20H15ClO4/c21-17-11-5-7-13-19(17)24-14-23-18-12-6-4-10-16(18)20(22)25-15-8-2-1-3-9-15/h1-13H,14H2. The molecule has 0 unspecified atom stereocenters. The van der Waals surface area contributed by atoms with Crippen molar-refractivity contribution in [3.8, 4) is 17.2 Å². The first kappa shape index (κ1) is 16.9. The van der Waals surface area contributed by atoms with E-state index in [0.29, 0.717) is 27.8 Å². The summed E-state index contributed by atoms with van der Waals surface area (Å²) in [5, 5.41) is 0.489. The van der Waals surface area contributed by atoms with E-state index in [-0.39, 0.29) is 6.79 Å². The molecule has 3 aromatic rings. The molecule has 0 N–H and O–H groups in total. The zero-order valence-corrected chi connectivity index (χ0v) is 14.0. The Morgan fingerprint density at radius 2 is 1.36 bits per heavy atom. The second-order valence-corrected chi connectivity index (χ2v) is 5.44. The maximum Gasteiger partial charge on any atom is 0.347 e. The van der Waals surface area contributed by atoms with Gasteiger partial charge in [0.1, 0.15) is 22.8 Å². The van der Waals surface area contributed by atoms with Crippen LogP contribution >= 0.6 is 11.6 Å². The van der Waals surface area contributed by atoms with Crippen LogP contribution in [0.15, 0.2) is 78.9 Å². The van der Waals surface area contributed by atoms with E-state index in [4.69, 9.17) is 25.8 Å². The monoisotopic (exact) mass is 354 g/mol. The molecular formula is C20H15ClO4. The summed E-state index contributed by atoms with van der Waals surface area (Å²) >= 11 is 6.02. The van der Waals surface area contributed by atoms with Gasteiger partial charge >= 0.3 is 5.97 Å². The van der Waals surface area contributed by atoms with Gasteiger partial charge in [-0.15, -0.1) is 0 Å². The van der Waals surface area contributed by atoms with Crippen LogP contribution in [0, 0.1) is 0 Å². The quantitative estimate of drug-likeness (QED) is 0.356. The number of benzene rings is 3. The first-order valence-corrected chi connectivity index (χ1v) is 7.98. The Bertz CT molecular complexity index is 849. The third-order valence-corrected chi connectivity index (χ3v) is 3.64. The molecule has 0 aliphatic carbocycles. The van der Waals surface area contributed by atoms with Crippen molar-refractivity contribution in [2.75, 3.05) is 6.79 Å². The number of carbonyl (C=O) groups excluding carboxylic acids is 1. The molecule has 126 valence electrons. The molecule has 0 saturated carbocycles. The molecular weight excluding hydrogens is 340 g/mol. The fourth-order valence-electron chi connectivity index (χ4n) is 2.13. The zero-order valence-electron chi connectivity index (χ0n) is 13.2. The minimum absolute atomic E-state index is 0.0840. The third-order valence-electron chi connectivity index (χ3n) is 3.33. The predicted molar refractivity (Wildman–Crippen MR) is 95.4 cm³/mol. The summed E-state index contributed by atoms with van der Waals surface area (Å²) in [5.41, 5.74) is 0.314. The number of ether oxygens (including phenoxy) is 3. The van der Waals surface area contributed by atoms with Crippen molar-refractivity contribution in [3.05, 3.63) is 89.4 Å². The summed E-state index contributed by atoms with van der Waals surface area (Å²) in [6.45, 7) is -0.0840. The average Bonchev–Trinajstić information content (AvgIpc) is 2.64. The van der Waals surface area contributed by atoms with Crippen molar-refractivity contribution < 1.29 is 19.0 Å². The van der Waals surface area contributed by atoms with Gasteiger partial charge in [0.2, 0.25) is 6.79 Å². The predicted octanol–water partition coefficient (Wildman–Crippen LogP) is 4.97. The van der Waals surface area contributed by atoms with Crippen LogP contribution in [0.5, 0.6) is 17.2 Å². The average molecular weight is 355 g/mol. The normalized spacial score (nSPS) is 10.1. The van der Waals surface area contributed by atoms with Crippen LogP contribution in [-0.4, -0.2) is 12.8 Å². The fourth-order valence-corrected chi connectivity index (χ4v) is 2.32. The minimum atomic E-state index is -0.500. The van der Waals surface area contributed by atoms with Gasteiger partial charge in [0, 0.05) is 0 Å². The van der Waals surface area contributed by atoms with Crippen LogP contribution < -0.4 is 14.2 Å². The molecule has 0 atom stereocenters. The number of esters is 1. The van der Waals surface area contributed by atoms with Crippen LogP contribution in [0.2, 0.25) is 5.02 Å². The van der Waals surface area contributed by atoms with Crippen LogP contribution in [-0.2, 0) is 0 Å². The van der Waals surface area contributed by atoms with E-state index >= 15 is 0 Å². The summed E-state index contributed by atoms with van der Waals surface area (Å²) < 4.78 is 16.4. The highest BCUT2D eigenvalue weighted by Crippen LogP contribution is 2.24. The molecule has 0 amide bonds. The number of hydrogen-bond acceptors (Lipinski definition) is 4. The van der Waals surface area contributed by atoms with E-state index in [0.717, 1.165) is 0 Å². The third kappa shape index (κ3) is 4.52. The van der Waals surface area contributed by atoms with E-state index in [2.05, 4.69) is 0 Å². The number of carbonyl (C=O) groups is 1. The lowest BCUT2D eigenvalue weighted by Crippen LogP contribution is -2.13. The largest absolute Gasteiger partial charge is 0.457 e. The van der Waals surface area contributed by atoms with Crippen molar-refractivity contribution in [2.24, 2.45) is 0 Å². The van der Waals surface area contributed by atoms with Gasteiger partial charge < -0.3 is 14.2 Å². The second kappa shape index (κ2) is 8.22. The molecule has 3 rings (SSSR count). The Morgan fingerprint density at radius 1 is 0.760 bits per heavy atom. The molecule has 0 saturated heterocycles. The van der Waals surface area contributed by atoms with Crippen molar-refractivity contribution in [2.45, 2.75) is 0 Å².